The van der Waals surface area contributed by atoms with E-state index < -0.39 is 0 Å². The van der Waals surface area contributed by atoms with Crippen molar-refractivity contribution >= 4 is 5.96 Å². The predicted octanol–water partition coefficient (Wildman–Crippen LogP) is 2.82. The van der Waals surface area contributed by atoms with E-state index in [1.54, 1.807) is 0 Å². The summed E-state index contributed by atoms with van der Waals surface area (Å²) in [5.74, 6) is 1.72. The van der Waals surface area contributed by atoms with Crippen molar-refractivity contribution in [1.29, 1.82) is 0 Å². The highest BCUT2D eigenvalue weighted by atomic mass is 16.5. The number of nitrogens with one attached hydrogen (secondary N) is 1. The van der Waals surface area contributed by atoms with Gasteiger partial charge in [-0.25, -0.2) is 0 Å². The molecule has 24 heavy (non-hydrogen) atoms. The zero-order valence-corrected chi connectivity index (χ0v) is 15.1. The van der Waals surface area contributed by atoms with Crippen LogP contribution >= 0.6 is 0 Å². The van der Waals surface area contributed by atoms with Crippen molar-refractivity contribution in [2.75, 3.05) is 19.7 Å². The van der Waals surface area contributed by atoms with Gasteiger partial charge in [0.15, 0.2) is 5.96 Å². The molecule has 1 saturated carbocycles. The van der Waals surface area contributed by atoms with Crippen LogP contribution in [0, 0.1) is 11.3 Å². The van der Waals surface area contributed by atoms with Crippen LogP contribution in [-0.2, 0) is 17.7 Å². The largest absolute Gasteiger partial charge is 0.377 e. The lowest BCUT2D eigenvalue weighted by atomic mass is 9.57. The molecule has 1 N–H and O–H groups in total. The summed E-state index contributed by atoms with van der Waals surface area (Å²) in [7, 11) is 0. The molecule has 0 radical (unpaired) electrons. The van der Waals surface area contributed by atoms with Gasteiger partial charge in [-0.15, -0.1) is 0 Å². The molecule has 0 aromatic heterocycles. The van der Waals surface area contributed by atoms with Crippen LogP contribution in [0.2, 0.25) is 0 Å². The molecule has 130 valence electrons. The molecule has 0 spiro atoms. The third-order valence-corrected chi connectivity index (χ3v) is 6.12. The Bertz CT molecular complexity index is 640. The van der Waals surface area contributed by atoms with Gasteiger partial charge in [0.1, 0.15) is 0 Å². The van der Waals surface area contributed by atoms with Crippen LogP contribution in [0.25, 0.3) is 0 Å². The molecule has 0 amide bonds. The van der Waals surface area contributed by atoms with Gasteiger partial charge in [-0.2, -0.15) is 0 Å². The number of nitrogens with zero attached hydrogens (tertiary/aromatic N) is 2. The van der Waals surface area contributed by atoms with Gasteiger partial charge in [-0.1, -0.05) is 38.1 Å². The van der Waals surface area contributed by atoms with Crippen LogP contribution in [0.4, 0.5) is 0 Å². The van der Waals surface area contributed by atoms with E-state index in [4.69, 9.17) is 9.73 Å². The monoisotopic (exact) mass is 327 g/mol. The highest BCUT2D eigenvalue weighted by Crippen LogP contribution is 2.52. The van der Waals surface area contributed by atoms with Gasteiger partial charge in [0.2, 0.25) is 0 Å². The van der Waals surface area contributed by atoms with Gasteiger partial charge in [0, 0.05) is 43.6 Å². The van der Waals surface area contributed by atoms with Crippen LogP contribution in [0.3, 0.4) is 0 Å². The minimum atomic E-state index is 0.184. The number of rotatable bonds is 2. The van der Waals surface area contributed by atoms with Crippen LogP contribution in [0.5, 0.6) is 0 Å². The van der Waals surface area contributed by atoms with E-state index in [1.165, 1.54) is 17.5 Å². The molecular formula is C20H29N3O. The first-order chi connectivity index (χ1) is 11.6. The van der Waals surface area contributed by atoms with E-state index in [2.05, 4.69) is 55.3 Å². The maximum atomic E-state index is 5.94. The number of hydrogen-bond donors (Lipinski definition) is 1. The van der Waals surface area contributed by atoms with E-state index in [0.29, 0.717) is 18.1 Å². The van der Waals surface area contributed by atoms with Crippen LogP contribution in [0.15, 0.2) is 29.3 Å². The second kappa shape index (κ2) is 6.07. The van der Waals surface area contributed by atoms with E-state index >= 15 is 0 Å². The number of benzene rings is 1. The lowest BCUT2D eigenvalue weighted by Crippen LogP contribution is -2.68. The Morgan fingerprint density at radius 2 is 2.12 bits per heavy atom. The molecule has 4 nitrogen and oxygen atoms in total. The van der Waals surface area contributed by atoms with Gasteiger partial charge in [0.05, 0.1) is 6.10 Å². The van der Waals surface area contributed by atoms with E-state index in [0.717, 1.165) is 38.6 Å². The van der Waals surface area contributed by atoms with Crippen molar-refractivity contribution in [3.63, 3.8) is 0 Å². The second-order valence-corrected chi connectivity index (χ2v) is 7.93. The number of ether oxygens (including phenoxy) is 1. The van der Waals surface area contributed by atoms with Crippen molar-refractivity contribution in [2.45, 2.75) is 52.3 Å². The Labute approximate surface area is 145 Å². The number of guanidine groups is 1. The summed E-state index contributed by atoms with van der Waals surface area (Å²) in [6.07, 6.45) is 2.69. The molecule has 1 saturated heterocycles. The zero-order valence-electron chi connectivity index (χ0n) is 15.1. The lowest BCUT2D eigenvalue weighted by Gasteiger charge is -2.55. The molecular weight excluding hydrogens is 298 g/mol. The smallest absolute Gasteiger partial charge is 0.194 e. The molecule has 1 aromatic carbocycles. The Kier molecular flexibility index (Phi) is 4.03. The number of aliphatic imine (C=N–C) groups is 1. The van der Waals surface area contributed by atoms with Crippen LogP contribution < -0.4 is 5.32 Å². The van der Waals surface area contributed by atoms with Gasteiger partial charge < -0.3 is 15.0 Å². The maximum absolute atomic E-state index is 5.94. The molecule has 4 heteroatoms. The van der Waals surface area contributed by atoms with Gasteiger partial charge >= 0.3 is 0 Å². The third kappa shape index (κ3) is 2.52. The lowest BCUT2D eigenvalue weighted by molar-refractivity contribution is -0.107. The quantitative estimate of drug-likeness (QED) is 0.670. The summed E-state index contributed by atoms with van der Waals surface area (Å²) >= 11 is 0. The molecule has 1 aromatic rings. The van der Waals surface area contributed by atoms with E-state index in [9.17, 15) is 0 Å². The fourth-order valence-corrected chi connectivity index (χ4v) is 4.82. The summed E-state index contributed by atoms with van der Waals surface area (Å²) in [5.41, 5.74) is 3.10. The maximum Gasteiger partial charge on any atom is 0.194 e. The molecule has 0 bridgehead atoms. The molecule has 2 heterocycles. The second-order valence-electron chi connectivity index (χ2n) is 7.93. The third-order valence-electron chi connectivity index (χ3n) is 6.12. The van der Waals surface area contributed by atoms with Crippen molar-refractivity contribution in [2.24, 2.45) is 16.3 Å². The summed E-state index contributed by atoms with van der Waals surface area (Å²) < 4.78 is 5.94. The van der Waals surface area contributed by atoms with Gasteiger partial charge in [-0.05, 0) is 30.9 Å². The van der Waals surface area contributed by atoms with Crippen LogP contribution in [-0.4, -0.2) is 42.7 Å². The Morgan fingerprint density at radius 3 is 2.92 bits per heavy atom. The minimum Gasteiger partial charge on any atom is -0.377 e. The Balaban J connectivity index is 1.51. The highest BCUT2D eigenvalue weighted by molar-refractivity contribution is 5.81. The van der Waals surface area contributed by atoms with E-state index in [-0.39, 0.29) is 5.41 Å². The molecule has 2 aliphatic heterocycles. The Morgan fingerprint density at radius 1 is 1.33 bits per heavy atom. The first kappa shape index (κ1) is 15.9. The predicted molar refractivity (Wildman–Crippen MR) is 97.1 cm³/mol. The fraction of sp³-hybridized carbons (Fsp3) is 0.650. The summed E-state index contributed by atoms with van der Waals surface area (Å²) in [6.45, 7) is 10.5. The normalized spacial score (nSPS) is 31.2. The standard InChI is InChI=1S/C20H29N3O/c1-4-21-19(22-17-16-10-12-24-18(16)20(17,2)3)23-11-9-14-7-5-6-8-15(14)13-23/h5-8,16-18H,4,9-13H2,1-3H3,(H,21,22). The SMILES string of the molecule is CCN=C(NC1C2CCOC2C1(C)C)N1CCc2ccccc2C1. The minimum absolute atomic E-state index is 0.184. The Hall–Kier alpha value is -1.55. The summed E-state index contributed by atoms with van der Waals surface area (Å²) in [4.78, 5) is 7.23. The van der Waals surface area contributed by atoms with Crippen LogP contribution in [0.1, 0.15) is 38.3 Å². The van der Waals surface area contributed by atoms with Gasteiger partial charge in [0.25, 0.3) is 0 Å². The van der Waals surface area contributed by atoms with E-state index in [1.807, 2.05) is 0 Å². The van der Waals surface area contributed by atoms with Crippen molar-refractivity contribution in [3.05, 3.63) is 35.4 Å². The molecule has 3 unspecified atom stereocenters. The summed E-state index contributed by atoms with van der Waals surface area (Å²) in [6, 6.07) is 9.26. The molecule has 3 aliphatic rings. The average Bonchev–Trinajstić information content (AvgIpc) is 3.05. The summed E-state index contributed by atoms with van der Waals surface area (Å²) in [5, 5.41) is 3.81. The van der Waals surface area contributed by atoms with Crippen molar-refractivity contribution < 1.29 is 4.74 Å². The first-order valence-corrected chi connectivity index (χ1v) is 9.35. The zero-order chi connectivity index (χ0) is 16.7. The number of hydrogen-bond acceptors (Lipinski definition) is 2. The number of fused-ring (bicyclic) bond motifs is 2. The molecule has 2 fully saturated rings. The molecule has 4 rings (SSSR count). The molecule has 3 atom stereocenters. The first-order valence-electron chi connectivity index (χ1n) is 9.35. The molecule has 1 aliphatic carbocycles. The fourth-order valence-electron chi connectivity index (χ4n) is 4.82. The average molecular weight is 327 g/mol. The highest BCUT2D eigenvalue weighted by Gasteiger charge is 2.59. The van der Waals surface area contributed by atoms with Gasteiger partial charge in [-0.3, -0.25) is 4.99 Å². The van der Waals surface area contributed by atoms with Crippen molar-refractivity contribution in [3.8, 4) is 0 Å². The topological polar surface area (TPSA) is 36.9 Å². The van der Waals surface area contributed by atoms with Crippen molar-refractivity contribution in [1.82, 2.24) is 10.2 Å².